The van der Waals surface area contributed by atoms with Crippen LogP contribution in [-0.4, -0.2) is 41.9 Å². The molecule has 3 heterocycles. The minimum atomic E-state index is 0.0210. The average Bonchev–Trinajstić information content (AvgIpc) is 3.12. The molecule has 0 radical (unpaired) electrons. The summed E-state index contributed by atoms with van der Waals surface area (Å²) in [7, 11) is 0. The monoisotopic (exact) mass is 328 g/mol. The van der Waals surface area contributed by atoms with Crippen LogP contribution < -0.4 is 0 Å². The highest BCUT2D eigenvalue weighted by molar-refractivity contribution is 5.92. The van der Waals surface area contributed by atoms with Gasteiger partial charge in [0, 0.05) is 25.8 Å². The maximum atomic E-state index is 13.1. The molecule has 0 N–H and O–H groups in total. The van der Waals surface area contributed by atoms with Gasteiger partial charge in [-0.25, -0.2) is 0 Å². The average molecular weight is 328 g/mol. The molecule has 1 aliphatic heterocycles. The fourth-order valence-electron chi connectivity index (χ4n) is 3.60. The van der Waals surface area contributed by atoms with Gasteiger partial charge in [-0.05, 0) is 51.0 Å². The molecule has 0 aromatic carbocycles. The molecule has 24 heavy (non-hydrogen) atoms. The highest BCUT2D eigenvalue weighted by Gasteiger charge is 2.34. The van der Waals surface area contributed by atoms with Crippen molar-refractivity contribution in [1.29, 1.82) is 0 Å². The number of likely N-dealkylation sites (tertiary alicyclic amines) is 1. The van der Waals surface area contributed by atoms with Crippen LogP contribution >= 0.6 is 0 Å². The van der Waals surface area contributed by atoms with Gasteiger partial charge in [0.15, 0.2) is 5.82 Å². The van der Waals surface area contributed by atoms with Gasteiger partial charge in [0.25, 0.3) is 5.91 Å². The third kappa shape index (κ3) is 2.83. The number of aryl methyl sites for hydroxylation is 1. The first-order chi connectivity index (χ1) is 11.8. The van der Waals surface area contributed by atoms with Gasteiger partial charge >= 0.3 is 0 Å². The summed E-state index contributed by atoms with van der Waals surface area (Å²) in [6.45, 7) is 4.45. The van der Waals surface area contributed by atoms with Crippen molar-refractivity contribution in [3.63, 3.8) is 0 Å². The smallest absolute Gasteiger partial charge is 0.272 e. The minimum Gasteiger partial charge on any atom is -0.327 e. The molecule has 1 atom stereocenters. The lowest BCUT2D eigenvalue weighted by molar-refractivity contribution is 0.0581. The first kappa shape index (κ1) is 15.4. The van der Waals surface area contributed by atoms with E-state index in [0.717, 1.165) is 44.1 Å². The van der Waals surface area contributed by atoms with Crippen LogP contribution in [0.5, 0.6) is 0 Å². The molecule has 2 aliphatic rings. The lowest BCUT2D eigenvalue weighted by atomic mass is 10.0. The molecule has 0 unspecified atom stereocenters. The Hall–Kier alpha value is -2.18. The van der Waals surface area contributed by atoms with E-state index in [2.05, 4.69) is 19.9 Å². The molecule has 2 fully saturated rings. The van der Waals surface area contributed by atoms with Crippen molar-refractivity contribution in [2.24, 2.45) is 5.92 Å². The van der Waals surface area contributed by atoms with E-state index in [1.54, 1.807) is 10.9 Å². The highest BCUT2D eigenvalue weighted by atomic mass is 16.2. The largest absolute Gasteiger partial charge is 0.327 e. The third-order valence-corrected chi connectivity index (χ3v) is 5.09. The Labute approximate surface area is 141 Å². The van der Waals surface area contributed by atoms with Crippen molar-refractivity contribution in [3.8, 4) is 0 Å². The topological polar surface area (TPSA) is 68.8 Å². The predicted octanol–water partition coefficient (Wildman–Crippen LogP) is 2.27. The van der Waals surface area contributed by atoms with Crippen molar-refractivity contribution >= 4 is 5.91 Å². The molecule has 0 bridgehead atoms. The maximum absolute atomic E-state index is 13.1. The molecule has 1 aliphatic carbocycles. The number of hydrogen-bond donors (Lipinski definition) is 0. The van der Waals surface area contributed by atoms with Crippen LogP contribution in [-0.2, 0) is 13.1 Å². The van der Waals surface area contributed by atoms with Crippen LogP contribution in [0.1, 0.15) is 61.4 Å². The summed E-state index contributed by atoms with van der Waals surface area (Å²) in [6, 6.07) is 1.83. The van der Waals surface area contributed by atoms with Gasteiger partial charge in [-0.3, -0.25) is 9.48 Å². The van der Waals surface area contributed by atoms with E-state index in [4.69, 9.17) is 0 Å². The van der Waals surface area contributed by atoms with Crippen LogP contribution in [0.25, 0.3) is 0 Å². The van der Waals surface area contributed by atoms with Gasteiger partial charge in [-0.15, -0.1) is 10.2 Å². The van der Waals surface area contributed by atoms with Crippen LogP contribution in [0.3, 0.4) is 0 Å². The van der Waals surface area contributed by atoms with Crippen molar-refractivity contribution in [2.45, 2.75) is 58.2 Å². The van der Waals surface area contributed by atoms with Crippen molar-refractivity contribution < 1.29 is 4.79 Å². The lowest BCUT2D eigenvalue weighted by Crippen LogP contribution is -2.40. The number of piperidine rings is 1. The zero-order valence-corrected chi connectivity index (χ0v) is 14.1. The van der Waals surface area contributed by atoms with Gasteiger partial charge in [-0.1, -0.05) is 0 Å². The van der Waals surface area contributed by atoms with Crippen LogP contribution in [0, 0.1) is 5.92 Å². The molecule has 2 aromatic heterocycles. The first-order valence-corrected chi connectivity index (χ1v) is 8.98. The highest BCUT2D eigenvalue weighted by Crippen LogP contribution is 2.34. The van der Waals surface area contributed by atoms with E-state index < -0.39 is 0 Å². The van der Waals surface area contributed by atoms with E-state index in [1.807, 2.05) is 24.2 Å². The summed E-state index contributed by atoms with van der Waals surface area (Å²) < 4.78 is 3.92. The fraction of sp³-hybridized carbons (Fsp3) is 0.647. The van der Waals surface area contributed by atoms with E-state index >= 15 is 0 Å². The van der Waals surface area contributed by atoms with E-state index in [-0.39, 0.29) is 11.9 Å². The number of carbonyl (C=O) groups is 1. The van der Waals surface area contributed by atoms with Crippen molar-refractivity contribution in [2.75, 3.05) is 6.54 Å². The maximum Gasteiger partial charge on any atom is 0.272 e. The Morgan fingerprint density at radius 3 is 2.96 bits per heavy atom. The summed E-state index contributed by atoms with van der Waals surface area (Å²) in [4.78, 5) is 15.1. The molecule has 1 amide bonds. The SMILES string of the molecule is CCn1nccc1C(=O)N1CCCC[C@H]1c1nncn1CC1CC1. The quantitative estimate of drug-likeness (QED) is 0.844. The van der Waals surface area contributed by atoms with E-state index in [9.17, 15) is 4.79 Å². The number of aromatic nitrogens is 5. The van der Waals surface area contributed by atoms with E-state index in [1.165, 1.54) is 12.8 Å². The van der Waals surface area contributed by atoms with Crippen molar-refractivity contribution in [1.82, 2.24) is 29.4 Å². The third-order valence-electron chi connectivity index (χ3n) is 5.09. The summed E-state index contributed by atoms with van der Waals surface area (Å²) in [5.74, 6) is 1.76. The van der Waals surface area contributed by atoms with Gasteiger partial charge in [0.05, 0.1) is 6.04 Å². The molecule has 7 nitrogen and oxygen atoms in total. The normalized spacial score (nSPS) is 21.2. The molecular weight excluding hydrogens is 304 g/mol. The molecule has 0 spiro atoms. The minimum absolute atomic E-state index is 0.0210. The Kier molecular flexibility index (Phi) is 4.08. The van der Waals surface area contributed by atoms with Gasteiger partial charge < -0.3 is 9.47 Å². The Morgan fingerprint density at radius 1 is 1.29 bits per heavy atom. The molecular formula is C17H24N6O. The number of nitrogens with zero attached hydrogens (tertiary/aromatic N) is 6. The number of rotatable bonds is 5. The molecule has 128 valence electrons. The second-order valence-electron chi connectivity index (χ2n) is 6.83. The first-order valence-electron chi connectivity index (χ1n) is 8.98. The number of amides is 1. The van der Waals surface area contributed by atoms with Crippen molar-refractivity contribution in [3.05, 3.63) is 30.1 Å². The molecule has 1 saturated heterocycles. The van der Waals surface area contributed by atoms with Crippen LogP contribution in [0.15, 0.2) is 18.6 Å². The standard InChI is InChI=1S/C17H24N6O/c1-2-23-15(8-9-19-23)17(24)22-10-4-3-5-14(22)16-20-18-12-21(16)11-13-6-7-13/h8-9,12-14H,2-7,10-11H2,1H3/t14-/m0/s1. The molecule has 7 heteroatoms. The van der Waals surface area contributed by atoms with E-state index in [0.29, 0.717) is 12.2 Å². The second-order valence-corrected chi connectivity index (χ2v) is 6.83. The predicted molar refractivity (Wildman–Crippen MR) is 88.3 cm³/mol. The summed E-state index contributed by atoms with van der Waals surface area (Å²) >= 11 is 0. The zero-order chi connectivity index (χ0) is 16.5. The van der Waals surface area contributed by atoms with Crippen LogP contribution in [0.4, 0.5) is 0 Å². The lowest BCUT2D eigenvalue weighted by Gasteiger charge is -2.35. The Bertz CT molecular complexity index is 716. The number of hydrogen-bond acceptors (Lipinski definition) is 4. The molecule has 4 rings (SSSR count). The second kappa shape index (κ2) is 6.37. The van der Waals surface area contributed by atoms with Gasteiger partial charge in [0.2, 0.25) is 0 Å². The molecule has 2 aromatic rings. The zero-order valence-electron chi connectivity index (χ0n) is 14.1. The van der Waals surface area contributed by atoms with Gasteiger partial charge in [-0.2, -0.15) is 5.10 Å². The number of carbonyl (C=O) groups excluding carboxylic acids is 1. The Morgan fingerprint density at radius 2 is 2.17 bits per heavy atom. The summed E-state index contributed by atoms with van der Waals surface area (Å²) in [6.07, 6.45) is 9.22. The fourth-order valence-corrected chi connectivity index (χ4v) is 3.60. The Balaban J connectivity index is 1.61. The molecule has 1 saturated carbocycles. The van der Waals surface area contributed by atoms with Crippen LogP contribution in [0.2, 0.25) is 0 Å². The summed E-state index contributed by atoms with van der Waals surface area (Å²) in [5, 5.41) is 12.7. The summed E-state index contributed by atoms with van der Waals surface area (Å²) in [5.41, 5.74) is 0.664. The van der Waals surface area contributed by atoms with Gasteiger partial charge in [0.1, 0.15) is 12.0 Å².